The molecule has 2 aliphatic rings. The second-order valence-corrected chi connectivity index (χ2v) is 8.90. The van der Waals surface area contributed by atoms with Crippen molar-refractivity contribution >= 4 is 22.6 Å². The van der Waals surface area contributed by atoms with Crippen LogP contribution in [-0.4, -0.2) is 72.2 Å². The molecule has 0 unspecified atom stereocenters. The van der Waals surface area contributed by atoms with Gasteiger partial charge in [0.05, 0.1) is 24.4 Å². The number of benzene rings is 1. The SMILES string of the molecule is C1COCCN1.CN(C)C(=O)c1cccc(-c2ccc3ncnc(NC4CCCCC4)c3c2)n1. The molecule has 3 aromatic rings. The average Bonchev–Trinajstić information content (AvgIpc) is 2.90. The summed E-state index contributed by atoms with van der Waals surface area (Å²) in [7, 11) is 3.46. The van der Waals surface area contributed by atoms with Crippen LogP contribution in [0, 0.1) is 0 Å². The van der Waals surface area contributed by atoms with E-state index in [0.717, 1.165) is 54.3 Å². The van der Waals surface area contributed by atoms with Gasteiger partial charge < -0.3 is 20.3 Å². The highest BCUT2D eigenvalue weighted by Crippen LogP contribution is 2.28. The van der Waals surface area contributed by atoms with Gasteiger partial charge in [0.25, 0.3) is 5.91 Å². The largest absolute Gasteiger partial charge is 0.379 e. The predicted molar refractivity (Wildman–Crippen MR) is 135 cm³/mol. The number of pyridine rings is 1. The molecule has 0 atom stereocenters. The third-order valence-electron chi connectivity index (χ3n) is 6.10. The summed E-state index contributed by atoms with van der Waals surface area (Å²) in [6.45, 7) is 3.83. The molecule has 5 rings (SSSR count). The zero-order chi connectivity index (χ0) is 23.8. The van der Waals surface area contributed by atoms with Crippen LogP contribution in [0.1, 0.15) is 42.6 Å². The normalized spacial score (nSPS) is 16.4. The van der Waals surface area contributed by atoms with E-state index < -0.39 is 0 Å². The van der Waals surface area contributed by atoms with Gasteiger partial charge in [0.2, 0.25) is 0 Å². The molecular formula is C26H34N6O2. The molecule has 2 fully saturated rings. The van der Waals surface area contributed by atoms with E-state index in [-0.39, 0.29) is 5.91 Å². The van der Waals surface area contributed by atoms with Gasteiger partial charge >= 0.3 is 0 Å². The van der Waals surface area contributed by atoms with Gasteiger partial charge in [-0.05, 0) is 37.1 Å². The van der Waals surface area contributed by atoms with Crippen LogP contribution < -0.4 is 10.6 Å². The Kier molecular flexibility index (Phi) is 8.38. The summed E-state index contributed by atoms with van der Waals surface area (Å²) in [5.41, 5.74) is 3.05. The van der Waals surface area contributed by atoms with Crippen molar-refractivity contribution in [1.82, 2.24) is 25.2 Å². The van der Waals surface area contributed by atoms with Crippen LogP contribution in [0.15, 0.2) is 42.7 Å². The molecule has 1 saturated carbocycles. The molecule has 1 amide bonds. The summed E-state index contributed by atoms with van der Waals surface area (Å²) in [5.74, 6) is 0.768. The number of anilines is 1. The minimum Gasteiger partial charge on any atom is -0.379 e. The van der Waals surface area contributed by atoms with Crippen molar-refractivity contribution in [2.75, 3.05) is 45.7 Å². The van der Waals surface area contributed by atoms with Gasteiger partial charge in [0, 0.05) is 44.2 Å². The van der Waals surface area contributed by atoms with E-state index >= 15 is 0 Å². The minimum absolute atomic E-state index is 0.106. The Bertz CT molecular complexity index is 1080. The van der Waals surface area contributed by atoms with Crippen LogP contribution in [0.25, 0.3) is 22.2 Å². The van der Waals surface area contributed by atoms with Crippen molar-refractivity contribution < 1.29 is 9.53 Å². The first-order chi connectivity index (χ1) is 16.6. The van der Waals surface area contributed by atoms with Gasteiger partial charge in [0.15, 0.2) is 0 Å². The van der Waals surface area contributed by atoms with E-state index in [2.05, 4.69) is 31.7 Å². The molecule has 3 heterocycles. The van der Waals surface area contributed by atoms with Crippen LogP contribution in [0.4, 0.5) is 5.82 Å². The minimum atomic E-state index is -0.106. The third kappa shape index (κ3) is 6.27. The molecule has 180 valence electrons. The summed E-state index contributed by atoms with van der Waals surface area (Å²) in [6, 6.07) is 12.0. The fourth-order valence-corrected chi connectivity index (χ4v) is 4.23. The average molecular weight is 463 g/mol. The van der Waals surface area contributed by atoms with E-state index in [1.807, 2.05) is 24.3 Å². The Labute approximate surface area is 201 Å². The molecule has 1 aromatic carbocycles. The van der Waals surface area contributed by atoms with Crippen molar-refractivity contribution in [3.05, 3.63) is 48.4 Å². The number of morpholine rings is 1. The van der Waals surface area contributed by atoms with Gasteiger partial charge in [-0.25, -0.2) is 15.0 Å². The maximum absolute atomic E-state index is 12.2. The standard InChI is InChI=1S/C22H25N5O.C4H9NO/c1-27(2)22(28)20-10-6-9-18(26-20)15-11-12-19-17(13-15)21(24-14-23-19)25-16-7-4-3-5-8-16;1-3-6-4-2-5-1/h6,9-14,16H,3-5,7-8H2,1-2H3,(H,23,24,25);5H,1-4H2. The van der Waals surface area contributed by atoms with Crippen LogP contribution in [-0.2, 0) is 4.74 Å². The number of aromatic nitrogens is 3. The van der Waals surface area contributed by atoms with E-state index in [1.54, 1.807) is 26.5 Å². The van der Waals surface area contributed by atoms with Crippen LogP contribution >= 0.6 is 0 Å². The lowest BCUT2D eigenvalue weighted by atomic mass is 9.95. The Morgan fingerprint density at radius 1 is 1.06 bits per heavy atom. The highest BCUT2D eigenvalue weighted by molar-refractivity contribution is 5.94. The number of hydrogen-bond acceptors (Lipinski definition) is 7. The van der Waals surface area contributed by atoms with E-state index in [1.165, 1.54) is 37.0 Å². The number of nitrogens with zero attached hydrogens (tertiary/aromatic N) is 4. The molecule has 1 aliphatic carbocycles. The summed E-state index contributed by atoms with van der Waals surface area (Å²) in [6.07, 6.45) is 7.83. The fourth-order valence-electron chi connectivity index (χ4n) is 4.23. The molecule has 34 heavy (non-hydrogen) atoms. The molecular weight excluding hydrogens is 428 g/mol. The lowest BCUT2D eigenvalue weighted by Crippen LogP contribution is -2.30. The molecule has 8 nitrogen and oxygen atoms in total. The second-order valence-electron chi connectivity index (χ2n) is 8.90. The van der Waals surface area contributed by atoms with Crippen molar-refractivity contribution in [2.24, 2.45) is 0 Å². The molecule has 1 aliphatic heterocycles. The number of rotatable bonds is 4. The highest BCUT2D eigenvalue weighted by Gasteiger charge is 2.16. The topological polar surface area (TPSA) is 92.3 Å². The van der Waals surface area contributed by atoms with Crippen LogP contribution in [0.5, 0.6) is 0 Å². The van der Waals surface area contributed by atoms with Crippen LogP contribution in [0.3, 0.4) is 0 Å². The highest BCUT2D eigenvalue weighted by atomic mass is 16.5. The Hall–Kier alpha value is -3.10. The van der Waals surface area contributed by atoms with E-state index in [0.29, 0.717) is 11.7 Å². The number of fused-ring (bicyclic) bond motifs is 1. The van der Waals surface area contributed by atoms with Gasteiger partial charge in [0.1, 0.15) is 17.8 Å². The van der Waals surface area contributed by atoms with Gasteiger partial charge in [-0.3, -0.25) is 4.79 Å². The fraction of sp³-hybridized carbons (Fsp3) is 0.462. The summed E-state index contributed by atoms with van der Waals surface area (Å²) in [4.78, 5) is 27.3. The summed E-state index contributed by atoms with van der Waals surface area (Å²) >= 11 is 0. The maximum atomic E-state index is 12.2. The quantitative estimate of drug-likeness (QED) is 0.610. The van der Waals surface area contributed by atoms with E-state index in [9.17, 15) is 4.79 Å². The monoisotopic (exact) mass is 462 g/mol. The molecule has 1 saturated heterocycles. The van der Waals surface area contributed by atoms with E-state index in [4.69, 9.17) is 4.74 Å². The predicted octanol–water partition coefficient (Wildman–Crippen LogP) is 3.74. The number of carbonyl (C=O) groups excluding carboxylic acids is 1. The lowest BCUT2D eigenvalue weighted by molar-refractivity contribution is 0.0822. The summed E-state index contributed by atoms with van der Waals surface area (Å²) < 4.78 is 5.01. The van der Waals surface area contributed by atoms with Crippen molar-refractivity contribution in [2.45, 2.75) is 38.1 Å². The maximum Gasteiger partial charge on any atom is 0.271 e. The third-order valence-corrected chi connectivity index (χ3v) is 6.10. The molecule has 8 heteroatoms. The van der Waals surface area contributed by atoms with Gasteiger partial charge in [-0.1, -0.05) is 31.4 Å². The second kappa shape index (κ2) is 11.9. The Balaban J connectivity index is 0.000000398. The van der Waals surface area contributed by atoms with Gasteiger partial charge in [-0.15, -0.1) is 0 Å². The number of amides is 1. The molecule has 2 aromatic heterocycles. The molecule has 0 spiro atoms. The smallest absolute Gasteiger partial charge is 0.271 e. The van der Waals surface area contributed by atoms with Crippen molar-refractivity contribution in [1.29, 1.82) is 0 Å². The first-order valence-electron chi connectivity index (χ1n) is 12.1. The zero-order valence-corrected chi connectivity index (χ0v) is 20.1. The lowest BCUT2D eigenvalue weighted by Gasteiger charge is -2.23. The molecule has 0 bridgehead atoms. The number of ether oxygens (including phenoxy) is 1. The molecule has 0 radical (unpaired) electrons. The first-order valence-corrected chi connectivity index (χ1v) is 12.1. The number of nitrogens with one attached hydrogen (secondary N) is 2. The van der Waals surface area contributed by atoms with Crippen molar-refractivity contribution in [3.8, 4) is 11.3 Å². The number of carbonyl (C=O) groups is 1. The Morgan fingerprint density at radius 3 is 2.53 bits per heavy atom. The molecule has 2 N–H and O–H groups in total. The number of hydrogen-bond donors (Lipinski definition) is 2. The summed E-state index contributed by atoms with van der Waals surface area (Å²) in [5, 5.41) is 7.76. The Morgan fingerprint density at radius 2 is 1.85 bits per heavy atom. The van der Waals surface area contributed by atoms with Gasteiger partial charge in [-0.2, -0.15) is 0 Å². The van der Waals surface area contributed by atoms with Crippen molar-refractivity contribution in [3.63, 3.8) is 0 Å². The first kappa shape index (κ1) is 24.0. The van der Waals surface area contributed by atoms with Crippen LogP contribution in [0.2, 0.25) is 0 Å². The zero-order valence-electron chi connectivity index (χ0n) is 20.1.